The third-order valence-corrected chi connectivity index (χ3v) is 25.4. The van der Waals surface area contributed by atoms with Crippen LogP contribution in [0.15, 0.2) is 97.1 Å². The second-order valence-corrected chi connectivity index (χ2v) is 47.3. The molecule has 2 aromatic heterocycles. The molecule has 0 saturated carbocycles. The zero-order chi connectivity index (χ0) is 94.3. The topological polar surface area (TPSA) is 0 Å². The Labute approximate surface area is 756 Å². The number of alkyl halides is 3. The van der Waals surface area contributed by atoms with Crippen molar-refractivity contribution in [2.75, 3.05) is 0 Å². The van der Waals surface area contributed by atoms with Gasteiger partial charge in [0.2, 0.25) is 0 Å². The van der Waals surface area contributed by atoms with Gasteiger partial charge in [-0.05, 0) is 346 Å². The highest BCUT2D eigenvalue weighted by molar-refractivity contribution is 7.12. The fraction of sp³-hybridized carbons (Fsp3) is 0.621. The van der Waals surface area contributed by atoms with E-state index in [1.165, 1.54) is 163 Å². The Balaban J connectivity index is 0.000000700. The lowest BCUT2D eigenvalue weighted by atomic mass is 9.80. The molecular weight excluding hydrogens is 1510 g/mol. The number of rotatable bonds is 19. The highest BCUT2D eigenvalue weighted by Gasteiger charge is 2.47. The molecule has 0 spiro atoms. The van der Waals surface area contributed by atoms with Gasteiger partial charge in [-0.2, -0.15) is 13.2 Å². The molecule has 0 bridgehead atoms. The van der Waals surface area contributed by atoms with Crippen LogP contribution in [-0.4, -0.2) is 6.18 Å². The van der Waals surface area contributed by atoms with Gasteiger partial charge in [0, 0.05) is 19.5 Å². The summed E-state index contributed by atoms with van der Waals surface area (Å²) in [6.45, 7) is 109. The van der Waals surface area contributed by atoms with Gasteiger partial charge in [0.05, 0.1) is 5.41 Å². The third-order valence-electron chi connectivity index (χ3n) is 23.4. The lowest BCUT2D eigenvalue weighted by Gasteiger charge is -2.29. The van der Waals surface area contributed by atoms with Crippen molar-refractivity contribution in [2.24, 2.45) is 22.2 Å². The number of hydrogen-bond donors (Lipinski definition) is 0. The van der Waals surface area contributed by atoms with Crippen LogP contribution < -0.4 is 0 Å². The van der Waals surface area contributed by atoms with Crippen molar-refractivity contribution >= 4 is 22.7 Å². The van der Waals surface area contributed by atoms with E-state index in [0.29, 0.717) is 87.8 Å². The average molecular weight is 1700 g/mol. The standard InChI is InChI=1S/C18H27F3.C18H30.2C17H28.C16H26.C14H22.C10H16S.C6H8S/c1-11(2)15-8-14(9-16(12(3)4)13(15)5)10-17(6,7)18(19,20)21;1-12(2)16-9-15(11-18(6,7)8)10-17(13(3)4)14(16)5;1-11(2)15-9-14(17(6,7)8)10-16(12(3)4)13(15)5;1-11(2)8-15-9-16(12(3)4)14(7)17(10-15)13(5)6;1-10(2)14-8-15(11(3)4)13(7)16(9-14)12(5)6;1-9(2)13-7-11(5)8-14(10(3)4)12(13)6;1-8-5-6-9(11-8)7-10(2,3)4;1-5-3-4-6(2)7-5/h8-9,11-12H,10H2,1-7H3;9-10,12-13H,11H2,1-8H3;9-12H,1-8H3;9-13H,8H2,1-7H3;8-12H,1-7H3;7-10H,1-6H3;5-6H,7H2,1-4H3;3-4H,1-2H3. The molecule has 0 N–H and O–H groups in total. The number of thiophene rings is 2. The van der Waals surface area contributed by atoms with E-state index in [9.17, 15) is 13.2 Å². The van der Waals surface area contributed by atoms with Gasteiger partial charge >= 0.3 is 6.18 Å². The number of halogens is 3. The Morgan fingerprint density at radius 3 is 0.694 bits per heavy atom. The fourth-order valence-corrected chi connectivity index (χ4v) is 18.5. The highest BCUT2D eigenvalue weighted by atomic mass is 32.1. The summed E-state index contributed by atoms with van der Waals surface area (Å²) in [5.74, 6) is 8.18. The molecule has 0 amide bonds. The van der Waals surface area contributed by atoms with Crippen molar-refractivity contribution in [1.29, 1.82) is 0 Å². The molecule has 0 fully saturated rings. The average Bonchev–Trinajstić information content (AvgIpc) is 0.911. The largest absolute Gasteiger partial charge is 0.394 e. The normalized spacial score (nSPS) is 12.1. The van der Waals surface area contributed by atoms with Gasteiger partial charge in [-0.1, -0.05) is 348 Å². The van der Waals surface area contributed by atoms with Gasteiger partial charge in [0.15, 0.2) is 0 Å². The lowest BCUT2D eigenvalue weighted by Crippen LogP contribution is -2.34. The first kappa shape index (κ1) is 114. The maximum atomic E-state index is 13.1. The second-order valence-electron chi connectivity index (χ2n) is 44.4. The van der Waals surface area contributed by atoms with Gasteiger partial charge in [0.1, 0.15) is 0 Å². The van der Waals surface area contributed by atoms with Crippen molar-refractivity contribution in [3.05, 3.63) is 250 Å². The zero-order valence-corrected chi connectivity index (χ0v) is 89.2. The van der Waals surface area contributed by atoms with E-state index in [1.54, 1.807) is 0 Å². The van der Waals surface area contributed by atoms with E-state index in [1.807, 2.05) is 34.8 Å². The van der Waals surface area contributed by atoms with Crippen molar-refractivity contribution < 1.29 is 13.2 Å². The Morgan fingerprint density at radius 1 is 0.256 bits per heavy atom. The minimum atomic E-state index is -4.19. The first-order valence-electron chi connectivity index (χ1n) is 46.9. The van der Waals surface area contributed by atoms with Crippen LogP contribution in [0.4, 0.5) is 13.2 Å². The summed E-state index contributed by atoms with van der Waals surface area (Å²) < 4.78 is 39.3. The van der Waals surface area contributed by atoms with E-state index < -0.39 is 11.6 Å². The first-order valence-corrected chi connectivity index (χ1v) is 48.6. The molecular formula is C116H185F3S2. The fourth-order valence-electron chi connectivity index (χ4n) is 16.6. The summed E-state index contributed by atoms with van der Waals surface area (Å²) in [6.07, 6.45) is -0.609. The number of hydrogen-bond acceptors (Lipinski definition) is 2. The van der Waals surface area contributed by atoms with E-state index in [4.69, 9.17) is 0 Å². The van der Waals surface area contributed by atoms with Gasteiger partial charge in [-0.25, -0.2) is 0 Å². The summed E-state index contributed by atoms with van der Waals surface area (Å²) >= 11 is 3.76. The van der Waals surface area contributed by atoms with E-state index in [0.717, 1.165) is 29.0 Å². The molecule has 0 nitrogen and oxygen atoms in total. The Morgan fingerprint density at radius 2 is 0.488 bits per heavy atom. The molecule has 121 heavy (non-hydrogen) atoms. The molecule has 0 atom stereocenters. The summed E-state index contributed by atoms with van der Waals surface area (Å²) in [6, 6.07) is 36.6. The summed E-state index contributed by atoms with van der Waals surface area (Å²) in [7, 11) is 0. The molecule has 682 valence electrons. The van der Waals surface area contributed by atoms with Crippen LogP contribution in [0.1, 0.15) is 500 Å². The Hall–Kier alpha value is -5.49. The van der Waals surface area contributed by atoms with Gasteiger partial charge in [-0.3, -0.25) is 0 Å². The van der Waals surface area contributed by atoms with Gasteiger partial charge < -0.3 is 0 Å². The smallest absolute Gasteiger partial charge is 0.171 e. The minimum absolute atomic E-state index is 0.0240. The van der Waals surface area contributed by atoms with Crippen LogP contribution in [-0.2, 0) is 31.1 Å². The van der Waals surface area contributed by atoms with Gasteiger partial charge in [0.25, 0.3) is 0 Å². The summed E-state index contributed by atoms with van der Waals surface area (Å²) in [5.41, 5.74) is 33.7. The van der Waals surface area contributed by atoms with Crippen molar-refractivity contribution in [3.63, 3.8) is 0 Å². The molecule has 0 radical (unpaired) electrons. The van der Waals surface area contributed by atoms with E-state index in [-0.39, 0.29) is 11.8 Å². The molecule has 2 heterocycles. The van der Waals surface area contributed by atoms with Crippen molar-refractivity contribution in [2.45, 2.75) is 453 Å². The zero-order valence-electron chi connectivity index (χ0n) is 87.6. The van der Waals surface area contributed by atoms with Crippen molar-refractivity contribution in [3.8, 4) is 0 Å². The predicted molar refractivity (Wildman–Crippen MR) is 545 cm³/mol. The third kappa shape index (κ3) is 38.3. The molecule has 0 saturated heterocycles. The quantitative estimate of drug-likeness (QED) is 0.0757. The van der Waals surface area contributed by atoms with Crippen LogP contribution in [0, 0.1) is 91.4 Å². The first-order chi connectivity index (χ1) is 55.0. The summed E-state index contributed by atoms with van der Waals surface area (Å²) in [5, 5.41) is 0. The van der Waals surface area contributed by atoms with E-state index >= 15 is 0 Å². The van der Waals surface area contributed by atoms with Crippen LogP contribution in [0.5, 0.6) is 0 Å². The molecule has 8 aromatic rings. The Kier molecular flexibility index (Phi) is 46.5. The van der Waals surface area contributed by atoms with E-state index in [2.05, 4.69) is 410 Å². The molecule has 0 aliphatic carbocycles. The predicted octanol–water partition coefficient (Wildman–Crippen LogP) is 39.1. The number of aryl methyl sites for hydroxylation is 4. The minimum Gasteiger partial charge on any atom is -0.171 e. The second kappa shape index (κ2) is 49.6. The van der Waals surface area contributed by atoms with Crippen LogP contribution >= 0.6 is 22.7 Å². The number of benzene rings is 6. The molecule has 0 unspecified atom stereocenters. The molecule has 6 aromatic carbocycles. The lowest BCUT2D eigenvalue weighted by molar-refractivity contribution is -0.211. The molecule has 8 rings (SSSR count). The molecule has 0 aliphatic heterocycles. The summed E-state index contributed by atoms with van der Waals surface area (Å²) in [4.78, 5) is 5.73. The Bertz CT molecular complexity index is 4190. The molecule has 0 aliphatic rings. The highest BCUT2D eigenvalue weighted by Crippen LogP contribution is 2.43. The molecule has 5 heteroatoms. The maximum absolute atomic E-state index is 13.1. The monoisotopic (exact) mass is 1700 g/mol. The van der Waals surface area contributed by atoms with Gasteiger partial charge in [-0.15, -0.1) is 22.7 Å². The SMILES string of the molecule is Cc1c(C(C)C)cc(C(C)(C)C)cc1C(C)C.Cc1c(C(C)C)cc(C(C)C)cc1C(C)C.Cc1c(C(C)C)cc(CC(C)(C)C(F)(F)F)cc1C(C)C.Cc1c(C(C)C)cc(CC(C)(C)C)cc1C(C)C.Cc1c(C(C)C)cc(CC(C)C)cc1C(C)C.Cc1cc(C(C)C)c(C)c(C(C)C)c1.Cc1ccc(C)s1.Cc1ccc(CC(C)(C)C)s1. The van der Waals surface area contributed by atoms with Crippen LogP contribution in [0.25, 0.3) is 0 Å². The maximum Gasteiger partial charge on any atom is 0.394 e. The van der Waals surface area contributed by atoms with Crippen LogP contribution in [0.2, 0.25) is 0 Å². The van der Waals surface area contributed by atoms with Crippen LogP contribution in [0.3, 0.4) is 0 Å². The van der Waals surface area contributed by atoms with Crippen molar-refractivity contribution in [1.82, 2.24) is 0 Å².